The zero-order valence-electron chi connectivity index (χ0n) is 11.6. The largest absolute Gasteiger partial charge is 0.361 e. The molecule has 1 saturated carbocycles. The van der Waals surface area contributed by atoms with Crippen LogP contribution in [-0.4, -0.2) is 29.7 Å². The molecule has 3 rings (SSSR count). The smallest absolute Gasteiger partial charge is 0.323 e. The highest BCUT2D eigenvalue weighted by molar-refractivity contribution is 6.31. The van der Waals surface area contributed by atoms with Gasteiger partial charge in [-0.1, -0.05) is 32.0 Å². The Bertz CT molecular complexity index is 688. The highest BCUT2D eigenvalue weighted by Gasteiger charge is 2.81. The van der Waals surface area contributed by atoms with Crippen LogP contribution in [0.15, 0.2) is 24.3 Å². The lowest BCUT2D eigenvalue weighted by atomic mass is 9.89. The van der Waals surface area contributed by atoms with Crippen molar-refractivity contribution < 1.29 is 14.4 Å². The molecule has 20 heavy (non-hydrogen) atoms. The van der Waals surface area contributed by atoms with Crippen LogP contribution in [0.4, 0.5) is 5.69 Å². The molecule has 0 radical (unpaired) electrons. The third kappa shape index (κ3) is 1.14. The van der Waals surface area contributed by atoms with Crippen LogP contribution in [-0.2, 0) is 15.0 Å². The van der Waals surface area contributed by atoms with Crippen LogP contribution in [0.2, 0.25) is 0 Å². The number of para-hydroxylation sites is 1. The number of anilines is 1. The van der Waals surface area contributed by atoms with Crippen molar-refractivity contribution in [2.75, 3.05) is 11.9 Å². The quantitative estimate of drug-likeness (QED) is 0.462. The number of carbonyl (C=O) groups excluding carboxylic acids is 2. The first-order valence-corrected chi connectivity index (χ1v) is 6.49. The van der Waals surface area contributed by atoms with E-state index in [0.29, 0.717) is 0 Å². The normalized spacial score (nSPS) is 29.1. The van der Waals surface area contributed by atoms with Crippen molar-refractivity contribution in [3.8, 4) is 0 Å². The Hall–Kier alpha value is -2.26. The molecule has 1 aromatic carbocycles. The van der Waals surface area contributed by atoms with Crippen LogP contribution in [0.3, 0.4) is 0 Å². The van der Waals surface area contributed by atoms with Crippen molar-refractivity contribution in [2.45, 2.75) is 19.3 Å². The summed E-state index contributed by atoms with van der Waals surface area (Å²) >= 11 is 0. The zero-order valence-corrected chi connectivity index (χ0v) is 11.6. The molecule has 102 valence electrons. The summed E-state index contributed by atoms with van der Waals surface area (Å²) in [5.41, 5.74) is 9.02. The minimum Gasteiger partial charge on any atom is -0.361 e. The number of hydrogen-bond acceptors (Lipinski definition) is 2. The van der Waals surface area contributed by atoms with Crippen molar-refractivity contribution in [3.63, 3.8) is 0 Å². The van der Waals surface area contributed by atoms with Gasteiger partial charge in [0.05, 0.1) is 11.3 Å². The standard InChI is InChI=1S/C15H15N3O2/c1-14(2)12(11(19)8-17-16)15(14)9-6-4-5-7-10(9)18(3)13(15)20/h4-8,12H,1-3H3/t12-,15-/m0/s1. The van der Waals surface area contributed by atoms with Gasteiger partial charge in [0.15, 0.2) is 0 Å². The van der Waals surface area contributed by atoms with Crippen LogP contribution in [0.25, 0.3) is 5.53 Å². The van der Waals surface area contributed by atoms with Crippen LogP contribution in [0.5, 0.6) is 0 Å². The molecule has 1 heterocycles. The number of rotatable bonds is 2. The monoisotopic (exact) mass is 269 g/mol. The number of ketones is 1. The number of nitrogens with zero attached hydrogens (tertiary/aromatic N) is 3. The lowest BCUT2D eigenvalue weighted by Gasteiger charge is -2.13. The first-order valence-electron chi connectivity index (χ1n) is 6.49. The van der Waals surface area contributed by atoms with Gasteiger partial charge in [-0.2, -0.15) is 4.79 Å². The second-order valence-corrected chi connectivity index (χ2v) is 5.99. The Labute approximate surface area is 116 Å². The molecule has 1 amide bonds. The Kier molecular flexibility index (Phi) is 2.32. The molecule has 0 aromatic heterocycles. The third-order valence-corrected chi connectivity index (χ3v) is 4.89. The first-order chi connectivity index (χ1) is 9.40. The SMILES string of the molecule is CN1C(=O)[C@]2(c3ccccc31)[C@@H](C(=O)C=[N+]=[N-])C2(C)C. The lowest BCUT2D eigenvalue weighted by molar-refractivity contribution is -0.123. The maximum Gasteiger partial charge on any atom is 0.323 e. The second-order valence-electron chi connectivity index (χ2n) is 5.99. The molecule has 2 aliphatic rings. The molecule has 0 bridgehead atoms. The maximum absolute atomic E-state index is 12.7. The topological polar surface area (TPSA) is 73.8 Å². The van der Waals surface area contributed by atoms with Crippen molar-refractivity contribution in [3.05, 3.63) is 35.4 Å². The van der Waals surface area contributed by atoms with E-state index in [2.05, 4.69) is 4.79 Å². The summed E-state index contributed by atoms with van der Waals surface area (Å²) in [4.78, 5) is 29.3. The van der Waals surface area contributed by atoms with Crippen LogP contribution in [0.1, 0.15) is 19.4 Å². The van der Waals surface area contributed by atoms with Gasteiger partial charge in [0.1, 0.15) is 0 Å². The van der Waals surface area contributed by atoms with E-state index in [1.54, 1.807) is 11.9 Å². The van der Waals surface area contributed by atoms with Crippen LogP contribution >= 0.6 is 0 Å². The van der Waals surface area contributed by atoms with Crippen molar-refractivity contribution in [1.29, 1.82) is 0 Å². The summed E-state index contributed by atoms with van der Waals surface area (Å²) in [7, 11) is 1.73. The molecule has 5 nitrogen and oxygen atoms in total. The number of benzene rings is 1. The van der Waals surface area contributed by atoms with Crippen LogP contribution < -0.4 is 4.90 Å². The summed E-state index contributed by atoms with van der Waals surface area (Å²) in [5, 5.41) is 0. The number of hydrogen-bond donors (Lipinski definition) is 0. The Balaban J connectivity index is 2.22. The fraction of sp³-hybridized carbons (Fsp3) is 0.400. The molecular formula is C15H15N3O2. The summed E-state index contributed by atoms with van der Waals surface area (Å²) < 4.78 is 0. The van der Waals surface area contributed by atoms with E-state index < -0.39 is 16.7 Å². The van der Waals surface area contributed by atoms with E-state index >= 15 is 0 Å². The number of Topliss-reactive ketones (excluding diaryl/α,β-unsaturated/α-hetero) is 1. The molecule has 5 heteroatoms. The zero-order chi connectivity index (χ0) is 14.7. The predicted molar refractivity (Wildman–Crippen MR) is 73.5 cm³/mol. The Morgan fingerprint density at radius 2 is 2.05 bits per heavy atom. The summed E-state index contributed by atoms with van der Waals surface area (Å²) in [6, 6.07) is 7.55. The van der Waals surface area contributed by atoms with E-state index in [0.717, 1.165) is 17.5 Å². The Morgan fingerprint density at radius 1 is 1.40 bits per heavy atom. The fourth-order valence-corrected chi connectivity index (χ4v) is 3.95. The van der Waals surface area contributed by atoms with Gasteiger partial charge in [0, 0.05) is 12.7 Å². The second kappa shape index (κ2) is 3.64. The minimum absolute atomic E-state index is 0.0617. The highest BCUT2D eigenvalue weighted by atomic mass is 16.2. The molecule has 1 spiro atoms. The highest BCUT2D eigenvalue weighted by Crippen LogP contribution is 2.73. The van der Waals surface area contributed by atoms with Gasteiger partial charge in [-0.3, -0.25) is 9.59 Å². The average Bonchev–Trinajstić information content (AvgIpc) is 2.86. The van der Waals surface area contributed by atoms with Crippen molar-refractivity contribution in [2.24, 2.45) is 11.3 Å². The molecule has 1 aliphatic heterocycles. The van der Waals surface area contributed by atoms with E-state index in [9.17, 15) is 9.59 Å². The van der Waals surface area contributed by atoms with Gasteiger partial charge >= 0.3 is 6.21 Å². The number of likely N-dealkylation sites (N-methyl/N-ethyl adjacent to an activating group) is 1. The number of fused-ring (bicyclic) bond motifs is 2. The molecule has 1 aliphatic carbocycles. The molecule has 0 N–H and O–H groups in total. The van der Waals surface area contributed by atoms with Gasteiger partial charge in [0.2, 0.25) is 11.7 Å². The molecule has 1 aromatic rings. The molecule has 2 atom stereocenters. The maximum atomic E-state index is 12.7. The Morgan fingerprint density at radius 3 is 2.70 bits per heavy atom. The average molecular weight is 269 g/mol. The summed E-state index contributed by atoms with van der Waals surface area (Å²) in [6.07, 6.45) is 0.898. The minimum atomic E-state index is -0.823. The van der Waals surface area contributed by atoms with E-state index in [4.69, 9.17) is 5.53 Å². The first kappa shape index (κ1) is 12.8. The van der Waals surface area contributed by atoms with E-state index in [1.807, 2.05) is 38.1 Å². The van der Waals surface area contributed by atoms with Gasteiger partial charge in [0.25, 0.3) is 0 Å². The van der Waals surface area contributed by atoms with Gasteiger partial charge in [-0.05, 0) is 17.0 Å². The molecule has 1 fully saturated rings. The summed E-state index contributed by atoms with van der Waals surface area (Å²) in [6.45, 7) is 3.82. The van der Waals surface area contributed by atoms with Gasteiger partial charge < -0.3 is 10.4 Å². The van der Waals surface area contributed by atoms with Gasteiger partial charge in [-0.25, -0.2) is 0 Å². The summed E-state index contributed by atoms with van der Waals surface area (Å²) in [5.74, 6) is -0.853. The third-order valence-electron chi connectivity index (χ3n) is 4.89. The predicted octanol–water partition coefficient (Wildman–Crippen LogP) is 1.43. The number of carbonyl (C=O) groups is 2. The lowest BCUT2D eigenvalue weighted by Crippen LogP contribution is -2.32. The molecule has 0 unspecified atom stereocenters. The van der Waals surface area contributed by atoms with E-state index in [1.165, 1.54) is 0 Å². The van der Waals surface area contributed by atoms with Gasteiger partial charge in [-0.15, -0.1) is 0 Å². The van der Waals surface area contributed by atoms with Crippen LogP contribution in [0, 0.1) is 11.3 Å². The number of amides is 1. The molecule has 0 saturated heterocycles. The van der Waals surface area contributed by atoms with Crippen molar-refractivity contribution >= 4 is 23.6 Å². The fourth-order valence-electron chi connectivity index (χ4n) is 3.95. The molecular weight excluding hydrogens is 254 g/mol. The van der Waals surface area contributed by atoms with Crippen molar-refractivity contribution in [1.82, 2.24) is 0 Å². The van der Waals surface area contributed by atoms with E-state index in [-0.39, 0.29) is 11.7 Å².